The van der Waals surface area contributed by atoms with Crippen molar-refractivity contribution < 1.29 is 9.59 Å². The number of aromatic amines is 1. The minimum Gasteiger partial charge on any atom is -0.399 e. The highest BCUT2D eigenvalue weighted by atomic mass is 16.2. The molecule has 4 aromatic rings. The highest BCUT2D eigenvalue weighted by Crippen LogP contribution is 2.47. The van der Waals surface area contributed by atoms with E-state index in [0.717, 1.165) is 39.8 Å². The molecular formula is C39H46N8O3. The van der Waals surface area contributed by atoms with Crippen molar-refractivity contribution in [3.05, 3.63) is 122 Å². The summed E-state index contributed by atoms with van der Waals surface area (Å²) in [6, 6.07) is 20.2. The highest BCUT2D eigenvalue weighted by molar-refractivity contribution is 5.93. The van der Waals surface area contributed by atoms with E-state index in [2.05, 4.69) is 42.1 Å². The van der Waals surface area contributed by atoms with E-state index in [9.17, 15) is 19.6 Å². The monoisotopic (exact) mass is 674 g/mol. The largest absolute Gasteiger partial charge is 0.399 e. The van der Waals surface area contributed by atoms with Crippen LogP contribution >= 0.6 is 0 Å². The topological polar surface area (TPSA) is 185 Å². The molecule has 11 nitrogen and oxygen atoms in total. The van der Waals surface area contributed by atoms with Gasteiger partial charge in [0.1, 0.15) is 11.9 Å². The van der Waals surface area contributed by atoms with Gasteiger partial charge in [-0.05, 0) is 104 Å². The molecule has 2 unspecified atom stereocenters. The number of benzene rings is 3. The van der Waals surface area contributed by atoms with E-state index in [-0.39, 0.29) is 18.5 Å². The summed E-state index contributed by atoms with van der Waals surface area (Å²) in [7, 11) is 0. The van der Waals surface area contributed by atoms with Crippen LogP contribution in [-0.2, 0) is 23.1 Å². The third kappa shape index (κ3) is 7.40. The summed E-state index contributed by atoms with van der Waals surface area (Å²) >= 11 is 0. The summed E-state index contributed by atoms with van der Waals surface area (Å²) in [5, 5.41) is 20.8. The fourth-order valence-electron chi connectivity index (χ4n) is 6.91. The lowest BCUT2D eigenvalue weighted by Crippen LogP contribution is -2.45. The van der Waals surface area contributed by atoms with Crippen LogP contribution in [0.4, 0.5) is 0 Å². The standard InChI is InChI=1S/C39H46N8O3/c1-6-23(2)17-31(21-40)44-35(48)22-43-25(4)20-39(37-45-38(50)47(46-37)32-13-7-24(3)8-14-32)33-15-11-27(26(5)41)18-28(33)9-10-29-19-30(36(42)49)12-16-34(29)39/h7-8,11-16,18-19,23,25,31,43H,5-6,9-10,17,20,22,41H2,1-4H3,(H2,42,49)(H,44,48)(H,45,46,50)/t23-,25-,31?,39?/m0/s1. The molecule has 1 heterocycles. The number of rotatable bonds is 13. The maximum atomic E-state index is 13.7. The molecule has 4 atom stereocenters. The fraction of sp³-hybridized carbons (Fsp3) is 0.359. The van der Waals surface area contributed by atoms with E-state index in [1.807, 2.05) is 68.4 Å². The number of aryl methyl sites for hydroxylation is 3. The second-order valence-corrected chi connectivity index (χ2v) is 13.5. The average molecular weight is 675 g/mol. The number of aromatic nitrogens is 3. The summed E-state index contributed by atoms with van der Waals surface area (Å²) in [5.41, 5.74) is 17.3. The van der Waals surface area contributed by atoms with Crippen molar-refractivity contribution in [2.24, 2.45) is 17.4 Å². The number of fused-ring (bicyclic) bond motifs is 2. The Kier molecular flexibility index (Phi) is 10.7. The van der Waals surface area contributed by atoms with Crippen molar-refractivity contribution in [3.8, 4) is 11.8 Å². The molecule has 50 heavy (non-hydrogen) atoms. The Balaban J connectivity index is 1.65. The summed E-state index contributed by atoms with van der Waals surface area (Å²) in [5.74, 6) is -0.105. The van der Waals surface area contributed by atoms with Gasteiger partial charge in [-0.1, -0.05) is 62.7 Å². The first kappa shape index (κ1) is 35.8. The SMILES string of the molecule is C=C(N)c1ccc2c(c1)CCc1cc(C(N)=O)ccc1C2(C[C@H](C)NCC(=O)NC(C#N)C[C@@H](C)CC)c1nn(-c2ccc(C)cc2)c(=O)[nH]1. The third-order valence-electron chi connectivity index (χ3n) is 9.80. The molecule has 1 aliphatic carbocycles. The summed E-state index contributed by atoms with van der Waals surface area (Å²) in [6.45, 7) is 12.0. The van der Waals surface area contributed by atoms with Crippen molar-refractivity contribution in [3.63, 3.8) is 0 Å². The van der Waals surface area contributed by atoms with Gasteiger partial charge < -0.3 is 22.1 Å². The molecule has 2 amide bonds. The van der Waals surface area contributed by atoms with Gasteiger partial charge in [0.15, 0.2) is 0 Å². The molecule has 0 aliphatic heterocycles. The summed E-state index contributed by atoms with van der Waals surface area (Å²) in [6.07, 6.45) is 3.07. The molecule has 1 aromatic heterocycles. The Hall–Kier alpha value is -5.47. The number of hydrogen-bond acceptors (Lipinski definition) is 7. The van der Waals surface area contributed by atoms with Crippen LogP contribution in [-0.4, -0.2) is 45.2 Å². The minimum absolute atomic E-state index is 0.0173. The van der Waals surface area contributed by atoms with Crippen LogP contribution in [0.25, 0.3) is 11.4 Å². The van der Waals surface area contributed by atoms with E-state index >= 15 is 0 Å². The predicted molar refractivity (Wildman–Crippen MR) is 195 cm³/mol. The molecule has 7 N–H and O–H groups in total. The van der Waals surface area contributed by atoms with Crippen molar-refractivity contribution in [2.45, 2.75) is 77.3 Å². The predicted octanol–water partition coefficient (Wildman–Crippen LogP) is 4.14. The first-order chi connectivity index (χ1) is 23.9. The molecule has 5 rings (SSSR count). The molecule has 1 aliphatic rings. The van der Waals surface area contributed by atoms with Crippen molar-refractivity contribution in [1.82, 2.24) is 25.4 Å². The maximum Gasteiger partial charge on any atom is 0.348 e. The van der Waals surface area contributed by atoms with E-state index in [4.69, 9.17) is 16.6 Å². The van der Waals surface area contributed by atoms with Gasteiger partial charge in [0.25, 0.3) is 0 Å². The molecule has 0 saturated carbocycles. The molecular weight excluding hydrogens is 628 g/mol. The average Bonchev–Trinajstić information content (AvgIpc) is 3.43. The quantitative estimate of drug-likeness (QED) is 0.141. The fourth-order valence-corrected chi connectivity index (χ4v) is 6.91. The second-order valence-electron chi connectivity index (χ2n) is 13.5. The van der Waals surface area contributed by atoms with Crippen molar-refractivity contribution in [1.29, 1.82) is 5.26 Å². The number of hydrogen-bond donors (Lipinski definition) is 5. The van der Waals surface area contributed by atoms with Gasteiger partial charge >= 0.3 is 5.69 Å². The Morgan fingerprint density at radius 1 is 1.04 bits per heavy atom. The lowest BCUT2D eigenvalue weighted by Gasteiger charge is -2.37. The molecule has 11 heteroatoms. The maximum absolute atomic E-state index is 13.7. The summed E-state index contributed by atoms with van der Waals surface area (Å²) < 4.78 is 1.36. The van der Waals surface area contributed by atoms with E-state index in [1.165, 1.54) is 4.68 Å². The number of nitrogens with one attached hydrogen (secondary N) is 3. The lowest BCUT2D eigenvalue weighted by atomic mass is 9.67. The number of amides is 2. The first-order valence-corrected chi connectivity index (χ1v) is 17.1. The highest BCUT2D eigenvalue weighted by Gasteiger charge is 2.45. The van der Waals surface area contributed by atoms with Crippen molar-refractivity contribution in [2.75, 3.05) is 6.54 Å². The van der Waals surface area contributed by atoms with Gasteiger partial charge in [0, 0.05) is 17.3 Å². The van der Waals surface area contributed by atoms with Crippen LogP contribution < -0.4 is 27.8 Å². The number of carbonyl (C=O) groups excluding carboxylic acids is 2. The Morgan fingerprint density at radius 3 is 2.24 bits per heavy atom. The van der Waals surface area contributed by atoms with Gasteiger partial charge in [-0.3, -0.25) is 14.6 Å². The normalized spacial score (nSPS) is 16.9. The van der Waals surface area contributed by atoms with Gasteiger partial charge in [0.05, 0.1) is 23.7 Å². The Bertz CT molecular complexity index is 1940. The number of primary amides is 1. The molecule has 260 valence electrons. The van der Waals surface area contributed by atoms with E-state index < -0.39 is 23.1 Å². The molecule has 0 radical (unpaired) electrons. The lowest BCUT2D eigenvalue weighted by molar-refractivity contribution is -0.120. The van der Waals surface area contributed by atoms with E-state index in [0.29, 0.717) is 54.4 Å². The number of nitrogens with two attached hydrogens (primary N) is 2. The molecule has 3 aromatic carbocycles. The number of nitrogens with zero attached hydrogens (tertiary/aromatic N) is 3. The first-order valence-electron chi connectivity index (χ1n) is 17.1. The van der Waals surface area contributed by atoms with Gasteiger partial charge in [0.2, 0.25) is 11.8 Å². The smallest absolute Gasteiger partial charge is 0.348 e. The zero-order valence-electron chi connectivity index (χ0n) is 29.2. The second kappa shape index (κ2) is 15.0. The third-order valence-corrected chi connectivity index (χ3v) is 9.80. The van der Waals surface area contributed by atoms with Crippen LogP contribution in [0.5, 0.6) is 0 Å². The van der Waals surface area contributed by atoms with Crippen LogP contribution in [0.15, 0.2) is 72.0 Å². The Labute approximate surface area is 292 Å². The zero-order valence-corrected chi connectivity index (χ0v) is 29.2. The van der Waals surface area contributed by atoms with E-state index in [1.54, 1.807) is 6.07 Å². The molecule has 0 fully saturated rings. The van der Waals surface area contributed by atoms with Crippen molar-refractivity contribution >= 4 is 17.5 Å². The minimum atomic E-state index is -1.05. The van der Waals surface area contributed by atoms with Gasteiger partial charge in [-0.15, -0.1) is 5.10 Å². The molecule has 0 saturated heterocycles. The Morgan fingerprint density at radius 2 is 1.66 bits per heavy atom. The van der Waals surface area contributed by atoms with Crippen LogP contribution in [0, 0.1) is 24.2 Å². The van der Waals surface area contributed by atoms with Gasteiger partial charge in [-0.25, -0.2) is 4.79 Å². The van der Waals surface area contributed by atoms with Gasteiger partial charge in [-0.2, -0.15) is 9.94 Å². The van der Waals surface area contributed by atoms with Crippen LogP contribution in [0.1, 0.15) is 89.6 Å². The number of carbonyl (C=O) groups is 2. The molecule has 0 bridgehead atoms. The zero-order chi connectivity index (χ0) is 36.2. The summed E-state index contributed by atoms with van der Waals surface area (Å²) in [4.78, 5) is 42.2. The molecule has 0 spiro atoms. The number of H-pyrrole nitrogens is 1. The number of nitriles is 1. The van der Waals surface area contributed by atoms with Crippen LogP contribution in [0.2, 0.25) is 0 Å². The van der Waals surface area contributed by atoms with Crippen LogP contribution in [0.3, 0.4) is 0 Å².